The summed E-state index contributed by atoms with van der Waals surface area (Å²) in [6.45, 7) is 0.135. The number of carbonyl (C=O) groups is 2. The lowest BCUT2D eigenvalue weighted by atomic mass is 10.1. The zero-order chi connectivity index (χ0) is 14.4. The lowest BCUT2D eigenvalue weighted by Crippen LogP contribution is -2.39. The Morgan fingerprint density at radius 2 is 2.05 bits per heavy atom. The molecule has 2 atom stereocenters. The lowest BCUT2D eigenvalue weighted by Gasteiger charge is -2.07. The van der Waals surface area contributed by atoms with E-state index in [1.165, 1.54) is 5.56 Å². The van der Waals surface area contributed by atoms with E-state index in [1.54, 1.807) is 0 Å². The molecule has 1 saturated carbocycles. The van der Waals surface area contributed by atoms with E-state index < -0.39 is 5.97 Å². The molecule has 0 bridgehead atoms. The number of nitrogens with one attached hydrogen (secondary N) is 2. The standard InChI is InChI=1S/C14H18N2O4/c17-13(18)9-20-7-6-15-14(19)16-12-8-11(12)10-4-2-1-3-5-10/h1-5,11-12H,6-9H2,(H,17,18)(H2,15,16,19). The van der Waals surface area contributed by atoms with Crippen LogP contribution in [0.5, 0.6) is 0 Å². The molecule has 0 aliphatic heterocycles. The van der Waals surface area contributed by atoms with E-state index in [1.807, 2.05) is 18.2 Å². The molecule has 0 heterocycles. The third kappa shape index (κ3) is 4.55. The van der Waals surface area contributed by atoms with Crippen molar-refractivity contribution in [2.75, 3.05) is 19.8 Å². The van der Waals surface area contributed by atoms with Gasteiger partial charge in [-0.2, -0.15) is 0 Å². The summed E-state index contributed by atoms with van der Waals surface area (Å²) in [4.78, 5) is 21.8. The minimum atomic E-state index is -1.02. The maximum atomic E-state index is 11.6. The number of rotatable bonds is 7. The average molecular weight is 278 g/mol. The minimum absolute atomic E-state index is 0.178. The summed E-state index contributed by atoms with van der Waals surface area (Å²) in [5.41, 5.74) is 1.24. The van der Waals surface area contributed by atoms with Crippen LogP contribution in [0.1, 0.15) is 17.9 Å². The Morgan fingerprint density at radius 3 is 2.75 bits per heavy atom. The van der Waals surface area contributed by atoms with Crippen molar-refractivity contribution in [2.24, 2.45) is 0 Å². The van der Waals surface area contributed by atoms with Crippen LogP contribution in [0, 0.1) is 0 Å². The quantitative estimate of drug-likeness (QED) is 0.648. The van der Waals surface area contributed by atoms with Crippen molar-refractivity contribution in [3.8, 4) is 0 Å². The van der Waals surface area contributed by atoms with Gasteiger partial charge in [-0.05, 0) is 12.0 Å². The third-order valence-electron chi connectivity index (χ3n) is 3.09. The molecule has 20 heavy (non-hydrogen) atoms. The van der Waals surface area contributed by atoms with Crippen LogP contribution in [0.4, 0.5) is 4.79 Å². The van der Waals surface area contributed by atoms with E-state index in [-0.39, 0.29) is 25.3 Å². The van der Waals surface area contributed by atoms with E-state index in [4.69, 9.17) is 9.84 Å². The number of benzene rings is 1. The third-order valence-corrected chi connectivity index (χ3v) is 3.09. The molecule has 0 radical (unpaired) electrons. The average Bonchev–Trinajstić information content (AvgIpc) is 3.18. The highest BCUT2D eigenvalue weighted by molar-refractivity contribution is 5.74. The van der Waals surface area contributed by atoms with Crippen LogP contribution >= 0.6 is 0 Å². The van der Waals surface area contributed by atoms with Gasteiger partial charge >= 0.3 is 12.0 Å². The Hall–Kier alpha value is -2.08. The summed E-state index contributed by atoms with van der Waals surface area (Å²) >= 11 is 0. The predicted octanol–water partition coefficient (Wildman–Crippen LogP) is 0.943. The van der Waals surface area contributed by atoms with Crippen LogP contribution in [-0.4, -0.2) is 42.9 Å². The molecule has 2 unspecified atom stereocenters. The molecule has 1 aromatic rings. The SMILES string of the molecule is O=C(O)COCCNC(=O)NC1CC1c1ccccc1. The number of aliphatic carboxylic acids is 1. The lowest BCUT2D eigenvalue weighted by molar-refractivity contribution is -0.142. The highest BCUT2D eigenvalue weighted by Crippen LogP contribution is 2.40. The maximum Gasteiger partial charge on any atom is 0.329 e. The summed E-state index contributed by atoms with van der Waals surface area (Å²) in [7, 11) is 0. The van der Waals surface area contributed by atoms with Crippen LogP contribution in [0.3, 0.4) is 0 Å². The van der Waals surface area contributed by atoms with Crippen molar-refractivity contribution in [3.63, 3.8) is 0 Å². The fourth-order valence-electron chi connectivity index (χ4n) is 2.04. The number of hydrogen-bond donors (Lipinski definition) is 3. The zero-order valence-corrected chi connectivity index (χ0v) is 11.0. The smallest absolute Gasteiger partial charge is 0.329 e. The van der Waals surface area contributed by atoms with Gasteiger partial charge in [0, 0.05) is 18.5 Å². The normalized spacial score (nSPS) is 20.2. The fourth-order valence-corrected chi connectivity index (χ4v) is 2.04. The molecule has 0 saturated heterocycles. The van der Waals surface area contributed by atoms with Crippen LogP contribution in [-0.2, 0) is 9.53 Å². The number of ether oxygens (including phenoxy) is 1. The van der Waals surface area contributed by atoms with Gasteiger partial charge in [0.2, 0.25) is 0 Å². The van der Waals surface area contributed by atoms with Crippen molar-refractivity contribution in [3.05, 3.63) is 35.9 Å². The van der Waals surface area contributed by atoms with Gasteiger partial charge in [-0.3, -0.25) is 0 Å². The largest absolute Gasteiger partial charge is 0.480 e. The van der Waals surface area contributed by atoms with Crippen molar-refractivity contribution in [2.45, 2.75) is 18.4 Å². The molecule has 1 aromatic carbocycles. The Bertz CT molecular complexity index is 464. The molecule has 6 nitrogen and oxygen atoms in total. The summed E-state index contributed by atoms with van der Waals surface area (Å²) in [6.07, 6.45) is 0.951. The van der Waals surface area contributed by atoms with Gasteiger partial charge in [0.25, 0.3) is 0 Å². The Morgan fingerprint density at radius 1 is 1.30 bits per heavy atom. The van der Waals surface area contributed by atoms with Gasteiger partial charge in [0.15, 0.2) is 0 Å². The van der Waals surface area contributed by atoms with E-state index in [2.05, 4.69) is 22.8 Å². The van der Waals surface area contributed by atoms with Gasteiger partial charge in [0.1, 0.15) is 6.61 Å². The Labute approximate surface area is 117 Å². The number of carbonyl (C=O) groups excluding carboxylic acids is 1. The molecule has 0 spiro atoms. The first-order valence-electron chi connectivity index (χ1n) is 6.55. The van der Waals surface area contributed by atoms with Crippen LogP contribution in [0.15, 0.2) is 30.3 Å². The molecule has 1 aliphatic carbocycles. The molecule has 2 amide bonds. The van der Waals surface area contributed by atoms with Crippen LogP contribution < -0.4 is 10.6 Å². The highest BCUT2D eigenvalue weighted by Gasteiger charge is 2.39. The Kier molecular flexibility index (Phi) is 4.95. The van der Waals surface area contributed by atoms with Gasteiger partial charge < -0.3 is 20.5 Å². The van der Waals surface area contributed by atoms with Crippen molar-refractivity contribution < 1.29 is 19.4 Å². The van der Waals surface area contributed by atoms with Gasteiger partial charge in [-0.1, -0.05) is 30.3 Å². The molecular weight excluding hydrogens is 260 g/mol. The van der Waals surface area contributed by atoms with Crippen molar-refractivity contribution >= 4 is 12.0 Å². The molecule has 1 fully saturated rings. The first kappa shape index (κ1) is 14.3. The first-order valence-corrected chi connectivity index (χ1v) is 6.55. The molecule has 6 heteroatoms. The monoisotopic (exact) mass is 278 g/mol. The number of carboxylic acids is 1. The first-order chi connectivity index (χ1) is 9.66. The van der Waals surface area contributed by atoms with Crippen LogP contribution in [0.2, 0.25) is 0 Å². The second-order valence-electron chi connectivity index (χ2n) is 4.71. The molecule has 108 valence electrons. The summed E-state index contributed by atoms with van der Waals surface area (Å²) in [5, 5.41) is 13.9. The van der Waals surface area contributed by atoms with Crippen molar-refractivity contribution in [1.29, 1.82) is 0 Å². The molecule has 3 N–H and O–H groups in total. The summed E-state index contributed by atoms with van der Waals surface area (Å²) in [6, 6.07) is 10.0. The summed E-state index contributed by atoms with van der Waals surface area (Å²) in [5.74, 6) is -0.622. The van der Waals surface area contributed by atoms with Crippen LogP contribution in [0.25, 0.3) is 0 Å². The minimum Gasteiger partial charge on any atom is -0.480 e. The van der Waals surface area contributed by atoms with E-state index in [0.717, 1.165) is 6.42 Å². The molecule has 2 rings (SSSR count). The van der Waals surface area contributed by atoms with E-state index in [0.29, 0.717) is 12.5 Å². The molecule has 1 aliphatic rings. The molecular formula is C14H18N2O4. The molecule has 0 aromatic heterocycles. The maximum absolute atomic E-state index is 11.6. The highest BCUT2D eigenvalue weighted by atomic mass is 16.5. The second kappa shape index (κ2) is 6.91. The topological polar surface area (TPSA) is 87.7 Å². The van der Waals surface area contributed by atoms with Gasteiger partial charge in [-0.15, -0.1) is 0 Å². The number of hydrogen-bond acceptors (Lipinski definition) is 3. The number of amides is 2. The zero-order valence-electron chi connectivity index (χ0n) is 11.0. The predicted molar refractivity (Wildman–Crippen MR) is 72.6 cm³/mol. The Balaban J connectivity index is 1.59. The number of urea groups is 1. The van der Waals surface area contributed by atoms with E-state index in [9.17, 15) is 9.59 Å². The van der Waals surface area contributed by atoms with Gasteiger partial charge in [0.05, 0.1) is 6.61 Å². The van der Waals surface area contributed by atoms with Gasteiger partial charge in [-0.25, -0.2) is 9.59 Å². The fraction of sp³-hybridized carbons (Fsp3) is 0.429. The summed E-state index contributed by atoms with van der Waals surface area (Å²) < 4.78 is 4.81. The number of carboxylic acid groups (broad SMARTS) is 1. The van der Waals surface area contributed by atoms with Crippen molar-refractivity contribution in [1.82, 2.24) is 10.6 Å². The van der Waals surface area contributed by atoms with E-state index >= 15 is 0 Å². The second-order valence-corrected chi connectivity index (χ2v) is 4.71.